The molecule has 0 unspecified atom stereocenters. The first-order valence-electron chi connectivity index (χ1n) is 8.88. The maximum atomic E-state index is 13.0. The minimum absolute atomic E-state index is 0.0626. The van der Waals surface area contributed by atoms with E-state index in [-0.39, 0.29) is 5.75 Å². The maximum absolute atomic E-state index is 13.0. The molecule has 0 saturated heterocycles. The lowest BCUT2D eigenvalue weighted by atomic mass is 10.1. The number of rotatable bonds is 10. The number of aryl methyl sites for hydroxylation is 3. The van der Waals surface area contributed by atoms with Crippen LogP contribution in [0.15, 0.2) is 34.9 Å². The smallest absolute Gasteiger partial charge is 0.218 e. The molecule has 0 aliphatic carbocycles. The average Bonchev–Trinajstić information content (AvgIpc) is 2.90. The normalized spacial score (nSPS) is 12.2. The molecule has 0 amide bonds. The van der Waals surface area contributed by atoms with Gasteiger partial charge in [-0.25, -0.2) is 12.7 Å². The second kappa shape index (κ2) is 9.30. The Labute approximate surface area is 156 Å². The fourth-order valence-electron chi connectivity index (χ4n) is 2.79. The van der Waals surface area contributed by atoms with Crippen molar-refractivity contribution in [2.45, 2.75) is 32.4 Å². The van der Waals surface area contributed by atoms with Crippen molar-refractivity contribution in [3.8, 4) is 0 Å². The quantitative estimate of drug-likeness (QED) is 0.635. The van der Waals surface area contributed by atoms with Crippen molar-refractivity contribution >= 4 is 10.0 Å². The Bertz CT molecular complexity index is 766. The Morgan fingerprint density at radius 3 is 2.31 bits per heavy atom. The lowest BCUT2D eigenvalue weighted by Crippen LogP contribution is -2.38. The highest BCUT2D eigenvalue weighted by Gasteiger charge is 2.25. The van der Waals surface area contributed by atoms with E-state index in [0.29, 0.717) is 36.7 Å². The molecule has 0 N–H and O–H groups in total. The Balaban J connectivity index is 2.06. The van der Waals surface area contributed by atoms with E-state index in [2.05, 4.69) is 17.3 Å². The largest absolute Gasteiger partial charge is 0.361 e. The molecule has 0 spiro atoms. The molecule has 6 nitrogen and oxygen atoms in total. The first-order chi connectivity index (χ1) is 12.3. The van der Waals surface area contributed by atoms with E-state index < -0.39 is 10.0 Å². The van der Waals surface area contributed by atoms with Gasteiger partial charge in [0.25, 0.3) is 0 Å². The highest BCUT2D eigenvalue weighted by atomic mass is 32.2. The highest BCUT2D eigenvalue weighted by Crippen LogP contribution is 2.18. The van der Waals surface area contributed by atoms with Gasteiger partial charge >= 0.3 is 0 Å². The standard InChI is InChI=1S/C19H29N3O3S/c1-16-19(17(2)25-20-16)15-26(23,24)22(14-13-21(3)4)12-8-11-18-9-6-5-7-10-18/h5-7,9-10H,8,11-15H2,1-4H3. The van der Waals surface area contributed by atoms with E-state index in [4.69, 9.17) is 4.52 Å². The van der Waals surface area contributed by atoms with E-state index in [1.54, 1.807) is 18.2 Å². The number of hydrogen-bond donors (Lipinski definition) is 0. The van der Waals surface area contributed by atoms with Crippen LogP contribution in [-0.4, -0.2) is 56.5 Å². The molecule has 1 heterocycles. The summed E-state index contributed by atoms with van der Waals surface area (Å²) in [6.07, 6.45) is 1.65. The van der Waals surface area contributed by atoms with Crippen LogP contribution in [0, 0.1) is 13.8 Å². The van der Waals surface area contributed by atoms with Crippen molar-refractivity contribution in [2.24, 2.45) is 0 Å². The van der Waals surface area contributed by atoms with E-state index in [1.807, 2.05) is 37.2 Å². The summed E-state index contributed by atoms with van der Waals surface area (Å²) in [7, 11) is 0.461. The molecule has 0 radical (unpaired) electrons. The molecule has 0 saturated carbocycles. The SMILES string of the molecule is Cc1noc(C)c1CS(=O)(=O)N(CCCc1ccccc1)CCN(C)C. The zero-order chi connectivity index (χ0) is 19.2. The lowest BCUT2D eigenvalue weighted by molar-refractivity contribution is 0.330. The molecule has 2 rings (SSSR count). The van der Waals surface area contributed by atoms with Crippen LogP contribution in [-0.2, 0) is 22.2 Å². The van der Waals surface area contributed by atoms with Gasteiger partial charge in [-0.15, -0.1) is 0 Å². The molecule has 0 fully saturated rings. The summed E-state index contributed by atoms with van der Waals surface area (Å²) in [5.41, 5.74) is 2.54. The number of likely N-dealkylation sites (N-methyl/N-ethyl adjacent to an activating group) is 1. The number of benzene rings is 1. The van der Waals surface area contributed by atoms with Gasteiger partial charge in [-0.05, 0) is 46.3 Å². The second-order valence-electron chi connectivity index (χ2n) is 6.85. The number of aromatic nitrogens is 1. The third-order valence-corrected chi connectivity index (χ3v) is 6.22. The van der Waals surface area contributed by atoms with Crippen LogP contribution in [0.5, 0.6) is 0 Å². The third kappa shape index (κ3) is 5.93. The van der Waals surface area contributed by atoms with Crippen molar-refractivity contribution in [3.05, 3.63) is 52.9 Å². The van der Waals surface area contributed by atoms with Crippen LogP contribution < -0.4 is 0 Å². The Morgan fingerprint density at radius 1 is 1.04 bits per heavy atom. The molecule has 1 aromatic heterocycles. The zero-order valence-corrected chi connectivity index (χ0v) is 16.9. The number of nitrogens with zero attached hydrogens (tertiary/aromatic N) is 3. The van der Waals surface area contributed by atoms with Gasteiger partial charge < -0.3 is 9.42 Å². The Kier molecular flexibility index (Phi) is 7.37. The van der Waals surface area contributed by atoms with Crippen LogP contribution in [0.1, 0.15) is 29.0 Å². The van der Waals surface area contributed by atoms with Crippen molar-refractivity contribution in [1.82, 2.24) is 14.4 Å². The molecule has 1 aromatic carbocycles. The molecular weight excluding hydrogens is 350 g/mol. The molecule has 144 valence electrons. The van der Waals surface area contributed by atoms with Crippen LogP contribution in [0.4, 0.5) is 0 Å². The van der Waals surface area contributed by atoms with Gasteiger partial charge in [0.2, 0.25) is 10.0 Å². The summed E-state index contributed by atoms with van der Waals surface area (Å²) < 4.78 is 32.7. The molecule has 26 heavy (non-hydrogen) atoms. The minimum Gasteiger partial charge on any atom is -0.361 e. The summed E-state index contributed by atoms with van der Waals surface area (Å²) >= 11 is 0. The predicted octanol–water partition coefficient (Wildman–Crippen LogP) is 2.62. The van der Waals surface area contributed by atoms with E-state index in [0.717, 1.165) is 12.8 Å². The van der Waals surface area contributed by atoms with Gasteiger partial charge in [0, 0.05) is 25.2 Å². The first-order valence-corrected chi connectivity index (χ1v) is 10.5. The second-order valence-corrected chi connectivity index (χ2v) is 8.82. The Hall–Kier alpha value is -1.70. The van der Waals surface area contributed by atoms with Crippen molar-refractivity contribution in [2.75, 3.05) is 33.7 Å². The van der Waals surface area contributed by atoms with Crippen molar-refractivity contribution in [1.29, 1.82) is 0 Å². The molecule has 0 aliphatic rings. The van der Waals surface area contributed by atoms with Crippen LogP contribution >= 0.6 is 0 Å². The molecule has 2 aromatic rings. The highest BCUT2D eigenvalue weighted by molar-refractivity contribution is 7.88. The van der Waals surface area contributed by atoms with Crippen LogP contribution in [0.2, 0.25) is 0 Å². The van der Waals surface area contributed by atoms with Crippen molar-refractivity contribution in [3.63, 3.8) is 0 Å². The van der Waals surface area contributed by atoms with E-state index in [1.165, 1.54) is 5.56 Å². The summed E-state index contributed by atoms with van der Waals surface area (Å²) in [5.74, 6) is 0.510. The fourth-order valence-corrected chi connectivity index (χ4v) is 4.51. The number of hydrogen-bond acceptors (Lipinski definition) is 5. The molecule has 0 aliphatic heterocycles. The topological polar surface area (TPSA) is 66.7 Å². The minimum atomic E-state index is -3.43. The Morgan fingerprint density at radius 2 is 1.73 bits per heavy atom. The zero-order valence-electron chi connectivity index (χ0n) is 16.1. The number of sulfonamides is 1. The molecule has 0 bridgehead atoms. The van der Waals surface area contributed by atoms with Gasteiger partial charge in [0.15, 0.2) is 0 Å². The first kappa shape index (κ1) is 20.6. The van der Waals surface area contributed by atoms with Gasteiger partial charge in [-0.1, -0.05) is 35.5 Å². The fraction of sp³-hybridized carbons (Fsp3) is 0.526. The summed E-state index contributed by atoms with van der Waals surface area (Å²) in [6, 6.07) is 10.1. The van der Waals surface area contributed by atoms with E-state index >= 15 is 0 Å². The van der Waals surface area contributed by atoms with E-state index in [9.17, 15) is 8.42 Å². The predicted molar refractivity (Wildman–Crippen MR) is 103 cm³/mol. The van der Waals surface area contributed by atoms with Crippen LogP contribution in [0.3, 0.4) is 0 Å². The lowest BCUT2D eigenvalue weighted by Gasteiger charge is -2.24. The third-order valence-electron chi connectivity index (χ3n) is 4.41. The monoisotopic (exact) mass is 379 g/mol. The summed E-state index contributed by atoms with van der Waals surface area (Å²) in [6.45, 7) is 5.21. The summed E-state index contributed by atoms with van der Waals surface area (Å²) in [5, 5.41) is 3.87. The van der Waals surface area contributed by atoms with Gasteiger partial charge in [0.1, 0.15) is 5.76 Å². The van der Waals surface area contributed by atoms with Gasteiger partial charge in [-0.3, -0.25) is 0 Å². The van der Waals surface area contributed by atoms with Gasteiger partial charge in [0.05, 0.1) is 11.4 Å². The van der Waals surface area contributed by atoms with Crippen molar-refractivity contribution < 1.29 is 12.9 Å². The molecule has 0 atom stereocenters. The van der Waals surface area contributed by atoms with Gasteiger partial charge in [-0.2, -0.15) is 0 Å². The maximum Gasteiger partial charge on any atom is 0.218 e. The summed E-state index contributed by atoms with van der Waals surface area (Å²) in [4.78, 5) is 2.00. The van der Waals surface area contributed by atoms with Crippen LogP contribution in [0.25, 0.3) is 0 Å². The molecule has 7 heteroatoms. The molecular formula is C19H29N3O3S. The average molecular weight is 380 g/mol.